The third-order valence-corrected chi connectivity index (χ3v) is 4.94. The molecule has 140 valence electrons. The number of hydrogen-bond acceptors (Lipinski definition) is 3. The normalized spacial score (nSPS) is 16.2. The van der Waals surface area contributed by atoms with Crippen molar-refractivity contribution in [3.05, 3.63) is 90.5 Å². The number of carbonyl (C=O) groups is 2. The van der Waals surface area contributed by atoms with Crippen LogP contribution in [0.3, 0.4) is 0 Å². The number of hydrogen-bond donors (Lipinski definition) is 0. The molecule has 1 aliphatic rings. The predicted octanol–water partition coefficient (Wildman–Crippen LogP) is 4.31. The van der Waals surface area contributed by atoms with Crippen LogP contribution in [-0.4, -0.2) is 23.3 Å². The maximum absolute atomic E-state index is 12.5. The summed E-state index contributed by atoms with van der Waals surface area (Å²) >= 11 is 0. The molecule has 4 nitrogen and oxygen atoms in total. The van der Waals surface area contributed by atoms with E-state index in [2.05, 4.69) is 0 Å². The largest absolute Gasteiger partial charge is 0.426 e. The maximum atomic E-state index is 12.5. The van der Waals surface area contributed by atoms with E-state index >= 15 is 0 Å². The number of rotatable bonds is 5. The standard InChI is InChI=1S/C24H21NO3/c26-23-15-21(17-25(23)16-18-7-3-1-4-8-18)24(27)28-22-13-11-20(12-14-22)19-9-5-2-6-10-19/h1-14,21H,15-17H2/t21-/m0/s1. The Morgan fingerprint density at radius 2 is 1.46 bits per heavy atom. The van der Waals surface area contributed by atoms with E-state index in [9.17, 15) is 9.59 Å². The molecule has 1 aliphatic heterocycles. The molecule has 1 amide bonds. The molecule has 28 heavy (non-hydrogen) atoms. The monoisotopic (exact) mass is 371 g/mol. The van der Waals surface area contributed by atoms with Crippen LogP contribution in [0.15, 0.2) is 84.9 Å². The molecule has 0 aromatic heterocycles. The highest BCUT2D eigenvalue weighted by Crippen LogP contribution is 2.25. The van der Waals surface area contributed by atoms with E-state index in [1.54, 1.807) is 17.0 Å². The highest BCUT2D eigenvalue weighted by Gasteiger charge is 2.35. The van der Waals surface area contributed by atoms with Crippen molar-refractivity contribution in [3.8, 4) is 16.9 Å². The quantitative estimate of drug-likeness (QED) is 0.496. The fourth-order valence-corrected chi connectivity index (χ4v) is 3.43. The van der Waals surface area contributed by atoms with Crippen molar-refractivity contribution in [2.24, 2.45) is 5.92 Å². The van der Waals surface area contributed by atoms with Gasteiger partial charge in [0.2, 0.25) is 5.91 Å². The van der Waals surface area contributed by atoms with Crippen molar-refractivity contribution in [1.29, 1.82) is 0 Å². The van der Waals surface area contributed by atoms with Crippen molar-refractivity contribution in [2.75, 3.05) is 6.54 Å². The number of esters is 1. The van der Waals surface area contributed by atoms with Crippen LogP contribution in [0.4, 0.5) is 0 Å². The summed E-state index contributed by atoms with van der Waals surface area (Å²) in [6, 6.07) is 27.3. The second kappa shape index (κ2) is 8.09. The highest BCUT2D eigenvalue weighted by molar-refractivity contribution is 5.87. The Kier molecular flexibility index (Phi) is 5.20. The number of carbonyl (C=O) groups excluding carboxylic acids is 2. The molecule has 3 aromatic rings. The molecule has 0 saturated carbocycles. The number of benzene rings is 3. The molecule has 1 atom stereocenters. The molecule has 0 spiro atoms. The van der Waals surface area contributed by atoms with E-state index < -0.39 is 5.92 Å². The average molecular weight is 371 g/mol. The number of likely N-dealkylation sites (tertiary alicyclic amines) is 1. The minimum Gasteiger partial charge on any atom is -0.426 e. The first kappa shape index (κ1) is 18.0. The molecular formula is C24H21NO3. The highest BCUT2D eigenvalue weighted by atomic mass is 16.5. The maximum Gasteiger partial charge on any atom is 0.316 e. The minimum absolute atomic E-state index is 0.00905. The summed E-state index contributed by atoms with van der Waals surface area (Å²) in [7, 11) is 0. The lowest BCUT2D eigenvalue weighted by Gasteiger charge is -2.16. The first-order chi connectivity index (χ1) is 13.7. The first-order valence-electron chi connectivity index (χ1n) is 9.38. The molecule has 0 radical (unpaired) electrons. The van der Waals surface area contributed by atoms with Gasteiger partial charge in [0.1, 0.15) is 5.75 Å². The van der Waals surface area contributed by atoms with Crippen LogP contribution in [0.2, 0.25) is 0 Å². The van der Waals surface area contributed by atoms with Gasteiger partial charge in [-0.15, -0.1) is 0 Å². The lowest BCUT2D eigenvalue weighted by molar-refractivity contribution is -0.139. The van der Waals surface area contributed by atoms with Crippen LogP contribution >= 0.6 is 0 Å². The third-order valence-electron chi connectivity index (χ3n) is 4.94. The van der Waals surface area contributed by atoms with Crippen molar-refractivity contribution >= 4 is 11.9 Å². The van der Waals surface area contributed by atoms with Gasteiger partial charge < -0.3 is 9.64 Å². The van der Waals surface area contributed by atoms with Gasteiger partial charge in [-0.05, 0) is 28.8 Å². The zero-order valence-electron chi connectivity index (χ0n) is 15.5. The van der Waals surface area contributed by atoms with Gasteiger partial charge in [-0.2, -0.15) is 0 Å². The van der Waals surface area contributed by atoms with Crippen LogP contribution < -0.4 is 4.74 Å². The topological polar surface area (TPSA) is 46.6 Å². The SMILES string of the molecule is O=C(Oc1ccc(-c2ccccc2)cc1)[C@H]1CC(=O)N(Cc2ccccc2)C1. The lowest BCUT2D eigenvalue weighted by atomic mass is 10.1. The minimum atomic E-state index is -0.426. The van der Waals surface area contributed by atoms with Gasteiger partial charge in [-0.1, -0.05) is 72.8 Å². The van der Waals surface area contributed by atoms with Crippen molar-refractivity contribution in [1.82, 2.24) is 4.90 Å². The molecule has 4 heteroatoms. The Bertz CT molecular complexity index is 952. The molecule has 0 aliphatic carbocycles. The van der Waals surface area contributed by atoms with Gasteiger partial charge in [-0.25, -0.2) is 0 Å². The van der Waals surface area contributed by atoms with Gasteiger partial charge >= 0.3 is 5.97 Å². The second-order valence-corrected chi connectivity index (χ2v) is 6.97. The van der Waals surface area contributed by atoms with Crippen molar-refractivity contribution < 1.29 is 14.3 Å². The molecule has 0 N–H and O–H groups in total. The Balaban J connectivity index is 1.37. The third kappa shape index (κ3) is 4.12. The molecule has 0 unspecified atom stereocenters. The van der Waals surface area contributed by atoms with Gasteiger partial charge in [0.05, 0.1) is 5.92 Å². The first-order valence-corrected chi connectivity index (χ1v) is 9.38. The molecule has 0 bridgehead atoms. The van der Waals surface area contributed by atoms with E-state index in [-0.39, 0.29) is 18.3 Å². The Labute approximate surface area is 164 Å². The summed E-state index contributed by atoms with van der Waals surface area (Å²) in [6.07, 6.45) is 0.202. The van der Waals surface area contributed by atoms with E-state index in [1.165, 1.54) is 0 Å². The lowest BCUT2D eigenvalue weighted by Crippen LogP contribution is -2.27. The van der Waals surface area contributed by atoms with Gasteiger partial charge in [0, 0.05) is 19.5 Å². The zero-order chi connectivity index (χ0) is 19.3. The smallest absolute Gasteiger partial charge is 0.316 e. The molecule has 1 saturated heterocycles. The zero-order valence-corrected chi connectivity index (χ0v) is 15.5. The Morgan fingerprint density at radius 3 is 2.14 bits per heavy atom. The van der Waals surface area contributed by atoms with E-state index in [0.717, 1.165) is 16.7 Å². The average Bonchev–Trinajstić information content (AvgIpc) is 3.10. The summed E-state index contributed by atoms with van der Waals surface area (Å²) in [5, 5.41) is 0. The Hall–Kier alpha value is -3.40. The van der Waals surface area contributed by atoms with Gasteiger partial charge in [-0.3, -0.25) is 9.59 Å². The van der Waals surface area contributed by atoms with Crippen LogP contribution in [0.5, 0.6) is 5.75 Å². The fourth-order valence-electron chi connectivity index (χ4n) is 3.43. The van der Waals surface area contributed by atoms with E-state index in [4.69, 9.17) is 4.74 Å². The Morgan fingerprint density at radius 1 is 0.857 bits per heavy atom. The van der Waals surface area contributed by atoms with Crippen LogP contribution in [0, 0.1) is 5.92 Å². The number of amides is 1. The molecular weight excluding hydrogens is 350 g/mol. The van der Waals surface area contributed by atoms with Crippen LogP contribution in [0.1, 0.15) is 12.0 Å². The van der Waals surface area contributed by atoms with Crippen molar-refractivity contribution in [3.63, 3.8) is 0 Å². The summed E-state index contributed by atoms with van der Waals surface area (Å²) in [5.41, 5.74) is 3.23. The van der Waals surface area contributed by atoms with E-state index in [0.29, 0.717) is 18.8 Å². The summed E-state index contributed by atoms with van der Waals surface area (Å²) in [5.74, 6) is -0.287. The molecule has 4 rings (SSSR count). The summed E-state index contributed by atoms with van der Waals surface area (Å²) < 4.78 is 5.52. The molecule has 1 heterocycles. The van der Waals surface area contributed by atoms with Gasteiger partial charge in [0.25, 0.3) is 0 Å². The van der Waals surface area contributed by atoms with Crippen LogP contribution in [-0.2, 0) is 16.1 Å². The second-order valence-electron chi connectivity index (χ2n) is 6.97. The van der Waals surface area contributed by atoms with E-state index in [1.807, 2.05) is 72.8 Å². The predicted molar refractivity (Wildman–Crippen MR) is 107 cm³/mol. The molecule has 1 fully saturated rings. The summed E-state index contributed by atoms with van der Waals surface area (Å²) in [4.78, 5) is 26.5. The number of nitrogens with zero attached hydrogens (tertiary/aromatic N) is 1. The summed E-state index contributed by atoms with van der Waals surface area (Å²) in [6.45, 7) is 0.921. The number of ether oxygens (including phenoxy) is 1. The fraction of sp³-hybridized carbons (Fsp3) is 0.167. The van der Waals surface area contributed by atoms with Crippen molar-refractivity contribution in [2.45, 2.75) is 13.0 Å². The van der Waals surface area contributed by atoms with Gasteiger partial charge in [0.15, 0.2) is 0 Å². The molecule has 3 aromatic carbocycles. The van der Waals surface area contributed by atoms with Crippen LogP contribution in [0.25, 0.3) is 11.1 Å².